The van der Waals surface area contributed by atoms with Gasteiger partial charge in [0.15, 0.2) is 5.54 Å². The Morgan fingerprint density at radius 2 is 1.50 bits per heavy atom. The topological polar surface area (TPSA) is 95.9 Å². The van der Waals surface area contributed by atoms with Gasteiger partial charge in [0.2, 0.25) is 11.8 Å². The summed E-state index contributed by atoms with van der Waals surface area (Å²) in [6.45, 7) is 0.0894. The summed E-state index contributed by atoms with van der Waals surface area (Å²) in [7, 11) is 1.59. The standard InChI is InChI=1S/C31H26N2O5/c1-38-24-17-16-23(21-14-8-9-15-22(21)24)27-25-26(31(32-27,30(36)37)20-12-6-3-7-13-20)29(35)33(28(25)34)18-19-10-4-2-5-11-19/h2-17,25-27,32H,18H2,1H3,(H,36,37). The van der Waals surface area contributed by atoms with Gasteiger partial charge < -0.3 is 9.84 Å². The van der Waals surface area contributed by atoms with Gasteiger partial charge in [-0.3, -0.25) is 19.8 Å². The normalized spacial score (nSPS) is 24.6. The molecule has 0 aliphatic carbocycles. The molecule has 0 radical (unpaired) electrons. The van der Waals surface area contributed by atoms with Gasteiger partial charge >= 0.3 is 5.97 Å². The number of methoxy groups -OCH3 is 1. The van der Waals surface area contributed by atoms with E-state index in [-0.39, 0.29) is 12.5 Å². The van der Waals surface area contributed by atoms with E-state index in [9.17, 15) is 19.5 Å². The van der Waals surface area contributed by atoms with Gasteiger partial charge in [0.25, 0.3) is 0 Å². The van der Waals surface area contributed by atoms with Crippen LogP contribution < -0.4 is 10.1 Å². The highest BCUT2D eigenvalue weighted by Gasteiger charge is 2.69. The number of aliphatic carboxylic acids is 1. The number of nitrogens with zero attached hydrogens (tertiary/aromatic N) is 1. The zero-order chi connectivity index (χ0) is 26.4. The van der Waals surface area contributed by atoms with Gasteiger partial charge in [0, 0.05) is 11.4 Å². The summed E-state index contributed by atoms with van der Waals surface area (Å²) >= 11 is 0. The molecule has 0 saturated carbocycles. The SMILES string of the molecule is COc1ccc(C2NC(C(=O)O)(c3ccccc3)C3C(=O)N(Cc4ccccc4)C(=O)C23)c2ccccc12. The third kappa shape index (κ3) is 3.43. The van der Waals surface area contributed by atoms with Crippen LogP contribution in [-0.4, -0.2) is 34.9 Å². The summed E-state index contributed by atoms with van der Waals surface area (Å²) in [5.41, 5.74) is 0.202. The third-order valence-electron chi connectivity index (χ3n) is 7.87. The molecule has 0 spiro atoms. The largest absolute Gasteiger partial charge is 0.496 e. The molecule has 38 heavy (non-hydrogen) atoms. The maximum atomic E-state index is 14.0. The average Bonchev–Trinajstić information content (AvgIpc) is 3.44. The summed E-state index contributed by atoms with van der Waals surface area (Å²) < 4.78 is 5.56. The number of carbonyl (C=O) groups is 3. The number of benzene rings is 4. The fourth-order valence-electron chi connectivity index (χ4n) is 6.19. The predicted octanol–water partition coefficient (Wildman–Crippen LogP) is 4.27. The van der Waals surface area contributed by atoms with Gasteiger partial charge in [-0.2, -0.15) is 0 Å². The fraction of sp³-hybridized carbons (Fsp3) is 0.194. The number of carboxylic acid groups (broad SMARTS) is 1. The highest BCUT2D eigenvalue weighted by Crippen LogP contribution is 2.54. The molecule has 6 rings (SSSR count). The number of ether oxygens (including phenoxy) is 1. The Balaban J connectivity index is 1.55. The highest BCUT2D eigenvalue weighted by molar-refractivity contribution is 6.10. The highest BCUT2D eigenvalue weighted by atomic mass is 16.5. The van der Waals surface area contributed by atoms with Gasteiger partial charge in [-0.15, -0.1) is 0 Å². The Kier molecular flexibility index (Phi) is 5.73. The number of carboxylic acids is 1. The molecule has 4 unspecified atom stereocenters. The van der Waals surface area contributed by atoms with E-state index in [1.165, 1.54) is 4.90 Å². The lowest BCUT2D eigenvalue weighted by molar-refractivity contribution is -0.152. The van der Waals surface area contributed by atoms with Crippen LogP contribution in [0.25, 0.3) is 10.8 Å². The van der Waals surface area contributed by atoms with Crippen molar-refractivity contribution < 1.29 is 24.2 Å². The molecule has 190 valence electrons. The molecular weight excluding hydrogens is 480 g/mol. The van der Waals surface area contributed by atoms with Crippen molar-refractivity contribution in [3.05, 3.63) is 114 Å². The summed E-state index contributed by atoms with van der Waals surface area (Å²) in [6.07, 6.45) is 0. The minimum absolute atomic E-state index is 0.0894. The second kappa shape index (κ2) is 9.11. The minimum Gasteiger partial charge on any atom is -0.496 e. The van der Waals surface area contributed by atoms with Crippen molar-refractivity contribution in [3.8, 4) is 5.75 Å². The second-order valence-electron chi connectivity index (χ2n) is 9.76. The summed E-state index contributed by atoms with van der Waals surface area (Å²) in [4.78, 5) is 42.4. The van der Waals surface area contributed by atoms with E-state index in [1.54, 1.807) is 37.4 Å². The number of fused-ring (bicyclic) bond motifs is 2. The lowest BCUT2D eigenvalue weighted by Gasteiger charge is -2.32. The third-order valence-corrected chi connectivity index (χ3v) is 7.87. The van der Waals surface area contributed by atoms with E-state index in [0.717, 1.165) is 21.9 Å². The Labute approximate surface area is 219 Å². The molecular formula is C31H26N2O5. The second-order valence-corrected chi connectivity index (χ2v) is 9.76. The molecule has 0 aromatic heterocycles. The molecule has 2 aliphatic rings. The molecule has 4 aromatic rings. The van der Waals surface area contributed by atoms with Crippen LogP contribution in [0.5, 0.6) is 5.75 Å². The number of carbonyl (C=O) groups excluding carboxylic acids is 2. The summed E-state index contributed by atoms with van der Waals surface area (Å²) in [6, 6.07) is 28.5. The van der Waals surface area contributed by atoms with Crippen LogP contribution in [0.3, 0.4) is 0 Å². The number of hydrogen-bond donors (Lipinski definition) is 2. The molecule has 7 nitrogen and oxygen atoms in total. The van der Waals surface area contributed by atoms with Crippen LogP contribution in [0.2, 0.25) is 0 Å². The lowest BCUT2D eigenvalue weighted by atomic mass is 9.75. The van der Waals surface area contributed by atoms with Crippen LogP contribution in [0.1, 0.15) is 22.7 Å². The molecule has 7 heteroatoms. The Morgan fingerprint density at radius 3 is 2.16 bits per heavy atom. The lowest BCUT2D eigenvalue weighted by Crippen LogP contribution is -2.53. The van der Waals surface area contributed by atoms with Gasteiger partial charge in [0.1, 0.15) is 5.75 Å². The maximum absolute atomic E-state index is 14.0. The van der Waals surface area contributed by atoms with E-state index in [2.05, 4.69) is 5.32 Å². The number of likely N-dealkylation sites (tertiary alicyclic amines) is 1. The molecule has 2 saturated heterocycles. The predicted molar refractivity (Wildman–Crippen MR) is 141 cm³/mol. The van der Waals surface area contributed by atoms with Gasteiger partial charge in [-0.05, 0) is 28.1 Å². The molecule has 0 bridgehead atoms. The van der Waals surface area contributed by atoms with Crippen molar-refractivity contribution in [2.45, 2.75) is 18.1 Å². The van der Waals surface area contributed by atoms with E-state index < -0.39 is 35.3 Å². The van der Waals surface area contributed by atoms with Crippen molar-refractivity contribution in [2.75, 3.05) is 7.11 Å². The molecule has 4 atom stereocenters. The van der Waals surface area contributed by atoms with E-state index >= 15 is 0 Å². The molecule has 2 aliphatic heterocycles. The van der Waals surface area contributed by atoms with Crippen LogP contribution >= 0.6 is 0 Å². The number of imide groups is 1. The molecule has 2 amide bonds. The molecule has 4 aromatic carbocycles. The monoisotopic (exact) mass is 506 g/mol. The summed E-state index contributed by atoms with van der Waals surface area (Å²) in [5, 5.41) is 15.7. The number of rotatable bonds is 6. The van der Waals surface area contributed by atoms with Crippen LogP contribution in [0, 0.1) is 11.8 Å². The summed E-state index contributed by atoms with van der Waals surface area (Å²) in [5.74, 6) is -3.40. The first kappa shape index (κ1) is 23.9. The molecule has 2 N–H and O–H groups in total. The van der Waals surface area contributed by atoms with Crippen molar-refractivity contribution in [2.24, 2.45) is 11.8 Å². The van der Waals surface area contributed by atoms with Crippen molar-refractivity contribution in [1.82, 2.24) is 10.2 Å². The Hall–Kier alpha value is -4.49. The zero-order valence-electron chi connectivity index (χ0n) is 20.7. The number of amides is 2. The average molecular weight is 507 g/mol. The Morgan fingerprint density at radius 1 is 0.868 bits per heavy atom. The van der Waals surface area contributed by atoms with E-state index in [4.69, 9.17) is 4.74 Å². The van der Waals surface area contributed by atoms with Crippen molar-refractivity contribution in [3.63, 3.8) is 0 Å². The minimum atomic E-state index is -1.78. The van der Waals surface area contributed by atoms with Crippen molar-refractivity contribution in [1.29, 1.82) is 0 Å². The number of hydrogen-bond acceptors (Lipinski definition) is 5. The fourth-order valence-corrected chi connectivity index (χ4v) is 6.19. The first-order valence-electron chi connectivity index (χ1n) is 12.5. The van der Waals surface area contributed by atoms with Gasteiger partial charge in [0.05, 0.1) is 25.5 Å². The molecule has 2 fully saturated rings. The van der Waals surface area contributed by atoms with E-state index in [1.807, 2.05) is 66.7 Å². The number of nitrogens with one attached hydrogen (secondary N) is 1. The first-order chi connectivity index (χ1) is 18.5. The van der Waals surface area contributed by atoms with Crippen LogP contribution in [-0.2, 0) is 26.5 Å². The van der Waals surface area contributed by atoms with Gasteiger partial charge in [-0.1, -0.05) is 91.0 Å². The quantitative estimate of drug-likeness (QED) is 0.379. The van der Waals surface area contributed by atoms with E-state index in [0.29, 0.717) is 11.3 Å². The van der Waals surface area contributed by atoms with Gasteiger partial charge in [-0.25, -0.2) is 4.79 Å². The van der Waals surface area contributed by atoms with Crippen molar-refractivity contribution >= 4 is 28.6 Å². The first-order valence-corrected chi connectivity index (χ1v) is 12.5. The zero-order valence-corrected chi connectivity index (χ0v) is 20.7. The van der Waals surface area contributed by atoms with Crippen LogP contribution in [0.4, 0.5) is 0 Å². The smallest absolute Gasteiger partial charge is 0.329 e. The maximum Gasteiger partial charge on any atom is 0.329 e. The molecule has 2 heterocycles. The van der Waals surface area contributed by atoms with Crippen LogP contribution in [0.15, 0.2) is 97.1 Å². The Bertz CT molecular complexity index is 1550.